The predicted octanol–water partition coefficient (Wildman–Crippen LogP) is 5.25. The lowest BCUT2D eigenvalue weighted by molar-refractivity contribution is -0.139. The minimum Gasteiger partial charge on any atom is -0.213 e. The van der Waals surface area contributed by atoms with Crippen LogP contribution in [0.2, 0.25) is 0 Å². The van der Waals surface area contributed by atoms with Crippen LogP contribution >= 0.6 is 0 Å². The monoisotopic (exact) mass is 349 g/mol. The summed E-state index contributed by atoms with van der Waals surface area (Å²) in [5.41, 5.74) is 2.34. The van der Waals surface area contributed by atoms with Gasteiger partial charge >= 0.3 is 6.18 Å². The number of benzene rings is 2. The molecule has 1 atom stereocenters. The molecular weight excluding hydrogens is 334 g/mol. The fourth-order valence-corrected chi connectivity index (χ4v) is 2.76. The average Bonchev–Trinajstić information content (AvgIpc) is 2.95. The second-order valence-electron chi connectivity index (χ2n) is 5.86. The van der Waals surface area contributed by atoms with Gasteiger partial charge in [0.25, 0.3) is 0 Å². The molecule has 1 aromatic heterocycles. The summed E-state index contributed by atoms with van der Waals surface area (Å²) in [5, 5.41) is 8.04. The van der Waals surface area contributed by atoms with Crippen molar-refractivity contribution in [2.24, 2.45) is 0 Å². The van der Waals surface area contributed by atoms with Crippen molar-refractivity contribution in [3.8, 4) is 5.69 Å². The number of para-hydroxylation sites is 1. The zero-order chi connectivity index (χ0) is 18.2. The lowest BCUT2D eigenvalue weighted by Gasteiger charge is -2.19. The Morgan fingerprint density at radius 3 is 2.56 bits per heavy atom. The van der Waals surface area contributed by atoms with E-state index in [0.29, 0.717) is 28.4 Å². The number of hydrogen-bond donors (Lipinski definition) is 0. The maximum atomic E-state index is 13.4. The van der Waals surface area contributed by atoms with Gasteiger partial charge in [0.2, 0.25) is 0 Å². The SMILES string of the molecule is C/C(F)=C/C(c1cc(C)cc(-n2nnc3ccccc32)c1)C(F)(F)F. The fraction of sp³-hybridized carbons (Fsp3) is 0.222. The van der Waals surface area contributed by atoms with E-state index in [1.807, 2.05) is 0 Å². The Kier molecular flexibility index (Phi) is 4.32. The zero-order valence-corrected chi connectivity index (χ0v) is 13.5. The van der Waals surface area contributed by atoms with Crippen molar-refractivity contribution in [2.75, 3.05) is 0 Å². The molecule has 0 aliphatic carbocycles. The molecule has 0 radical (unpaired) electrons. The predicted molar refractivity (Wildman–Crippen MR) is 87.3 cm³/mol. The van der Waals surface area contributed by atoms with Gasteiger partial charge < -0.3 is 0 Å². The van der Waals surface area contributed by atoms with Crippen LogP contribution in [0.5, 0.6) is 0 Å². The molecule has 0 aliphatic rings. The number of rotatable bonds is 3. The first kappa shape index (κ1) is 17.1. The largest absolute Gasteiger partial charge is 0.399 e. The van der Waals surface area contributed by atoms with Gasteiger partial charge in [-0.05, 0) is 55.3 Å². The molecule has 0 saturated carbocycles. The topological polar surface area (TPSA) is 30.7 Å². The zero-order valence-electron chi connectivity index (χ0n) is 13.5. The summed E-state index contributed by atoms with van der Waals surface area (Å²) < 4.78 is 54.8. The number of allylic oxidation sites excluding steroid dienone is 2. The summed E-state index contributed by atoms with van der Waals surface area (Å²) in [5.74, 6) is -2.90. The fourth-order valence-electron chi connectivity index (χ4n) is 2.76. The van der Waals surface area contributed by atoms with E-state index in [0.717, 1.165) is 6.92 Å². The molecule has 0 N–H and O–H groups in total. The molecule has 0 bridgehead atoms. The van der Waals surface area contributed by atoms with Crippen LogP contribution in [0.15, 0.2) is 54.4 Å². The molecule has 0 fully saturated rings. The van der Waals surface area contributed by atoms with Gasteiger partial charge in [0.1, 0.15) is 11.4 Å². The average molecular weight is 349 g/mol. The number of halogens is 4. The minimum atomic E-state index is -4.59. The summed E-state index contributed by atoms with van der Waals surface area (Å²) in [4.78, 5) is 0. The molecule has 25 heavy (non-hydrogen) atoms. The number of aryl methyl sites for hydroxylation is 1. The molecule has 0 saturated heterocycles. The quantitative estimate of drug-likeness (QED) is 0.605. The molecule has 0 aliphatic heterocycles. The van der Waals surface area contributed by atoms with Crippen molar-refractivity contribution in [3.63, 3.8) is 0 Å². The van der Waals surface area contributed by atoms with Gasteiger partial charge in [0.05, 0.1) is 17.0 Å². The van der Waals surface area contributed by atoms with E-state index in [4.69, 9.17) is 0 Å². The maximum Gasteiger partial charge on any atom is 0.399 e. The molecule has 3 aromatic rings. The van der Waals surface area contributed by atoms with Gasteiger partial charge in [0, 0.05) is 0 Å². The highest BCUT2D eigenvalue weighted by atomic mass is 19.4. The highest BCUT2D eigenvalue weighted by Crippen LogP contribution is 2.38. The van der Waals surface area contributed by atoms with E-state index in [1.54, 1.807) is 37.3 Å². The van der Waals surface area contributed by atoms with Crippen LogP contribution in [-0.4, -0.2) is 21.2 Å². The van der Waals surface area contributed by atoms with Crippen molar-refractivity contribution in [1.29, 1.82) is 0 Å². The number of aromatic nitrogens is 3. The Balaban J connectivity index is 2.17. The summed E-state index contributed by atoms with van der Waals surface area (Å²) >= 11 is 0. The first-order valence-electron chi connectivity index (χ1n) is 7.59. The standard InChI is InChI=1S/C18H15F4N3/c1-11-7-13(15(9-12(2)19)18(20,21)22)10-14(8-11)25-17-6-4-3-5-16(17)23-24-25/h3-10,15H,1-2H3/b12-9-. The molecule has 2 aromatic carbocycles. The van der Waals surface area contributed by atoms with Crippen LogP contribution in [0.25, 0.3) is 16.7 Å². The van der Waals surface area contributed by atoms with Gasteiger partial charge in [-0.1, -0.05) is 23.4 Å². The Morgan fingerprint density at radius 2 is 1.88 bits per heavy atom. The number of fused-ring (bicyclic) bond motifs is 1. The highest BCUT2D eigenvalue weighted by molar-refractivity contribution is 5.76. The van der Waals surface area contributed by atoms with Crippen molar-refractivity contribution in [1.82, 2.24) is 15.0 Å². The van der Waals surface area contributed by atoms with Gasteiger partial charge in [-0.15, -0.1) is 5.10 Å². The van der Waals surface area contributed by atoms with Crippen LogP contribution < -0.4 is 0 Å². The van der Waals surface area contributed by atoms with Crippen molar-refractivity contribution < 1.29 is 17.6 Å². The first-order chi connectivity index (χ1) is 11.8. The van der Waals surface area contributed by atoms with E-state index >= 15 is 0 Å². The maximum absolute atomic E-state index is 13.4. The van der Waals surface area contributed by atoms with E-state index < -0.39 is 17.9 Å². The van der Waals surface area contributed by atoms with E-state index in [9.17, 15) is 17.6 Å². The van der Waals surface area contributed by atoms with Crippen LogP contribution in [-0.2, 0) is 0 Å². The van der Waals surface area contributed by atoms with Crippen LogP contribution in [0.1, 0.15) is 24.0 Å². The molecular formula is C18H15F4N3. The smallest absolute Gasteiger partial charge is 0.213 e. The lowest BCUT2D eigenvalue weighted by Crippen LogP contribution is -2.19. The normalized spacial score (nSPS) is 14.1. The van der Waals surface area contributed by atoms with Gasteiger partial charge in [0.15, 0.2) is 0 Å². The molecule has 130 valence electrons. The van der Waals surface area contributed by atoms with Gasteiger partial charge in [-0.2, -0.15) is 13.2 Å². The van der Waals surface area contributed by atoms with Gasteiger partial charge in [-0.25, -0.2) is 9.07 Å². The molecule has 0 spiro atoms. The Bertz CT molecular complexity index is 937. The van der Waals surface area contributed by atoms with Crippen molar-refractivity contribution >= 4 is 11.0 Å². The summed E-state index contributed by atoms with van der Waals surface area (Å²) in [6, 6.07) is 11.6. The number of nitrogens with zero attached hydrogens (tertiary/aromatic N) is 3. The van der Waals surface area contributed by atoms with Crippen molar-refractivity contribution in [2.45, 2.75) is 25.9 Å². The van der Waals surface area contributed by atoms with Crippen LogP contribution in [0, 0.1) is 6.92 Å². The summed E-state index contributed by atoms with van der Waals surface area (Å²) in [7, 11) is 0. The third-order valence-corrected chi connectivity index (χ3v) is 3.79. The first-order valence-corrected chi connectivity index (χ1v) is 7.59. The van der Waals surface area contributed by atoms with Crippen LogP contribution in [0.3, 0.4) is 0 Å². The van der Waals surface area contributed by atoms with Crippen LogP contribution in [0.4, 0.5) is 17.6 Å². The molecule has 1 unspecified atom stereocenters. The Morgan fingerprint density at radius 1 is 1.16 bits per heavy atom. The molecule has 3 nitrogen and oxygen atoms in total. The second-order valence-corrected chi connectivity index (χ2v) is 5.86. The molecule has 3 rings (SSSR count). The minimum absolute atomic E-state index is 0.0425. The number of alkyl halides is 3. The third-order valence-electron chi connectivity index (χ3n) is 3.79. The Hall–Kier alpha value is -2.70. The molecule has 1 heterocycles. The van der Waals surface area contributed by atoms with E-state index in [2.05, 4.69) is 10.3 Å². The van der Waals surface area contributed by atoms with Crippen molar-refractivity contribution in [3.05, 3.63) is 65.5 Å². The molecule has 0 amide bonds. The third kappa shape index (κ3) is 3.55. The van der Waals surface area contributed by atoms with Gasteiger partial charge in [-0.3, -0.25) is 0 Å². The summed E-state index contributed by atoms with van der Waals surface area (Å²) in [6.07, 6.45) is -4.01. The number of hydrogen-bond acceptors (Lipinski definition) is 2. The molecule has 7 heteroatoms. The summed E-state index contributed by atoms with van der Waals surface area (Å²) in [6.45, 7) is 2.69. The Labute approximate surface area is 141 Å². The van der Waals surface area contributed by atoms with E-state index in [1.165, 1.54) is 16.8 Å². The second kappa shape index (κ2) is 6.31. The van der Waals surface area contributed by atoms with E-state index in [-0.39, 0.29) is 5.56 Å². The highest BCUT2D eigenvalue weighted by Gasteiger charge is 2.39. The lowest BCUT2D eigenvalue weighted by atomic mass is 9.95.